The Kier molecular flexibility index (Phi) is 3.78. The molecule has 0 saturated carbocycles. The predicted octanol–water partition coefficient (Wildman–Crippen LogP) is 4.52. The number of hydrogen-bond donors (Lipinski definition) is 0. The normalized spacial score (nSPS) is 11.3. The molecule has 2 aromatic carbocycles. The zero-order chi connectivity index (χ0) is 14.8. The topological polar surface area (TPSA) is 22.0 Å². The number of unbranched alkanes of at least 4 members (excludes halogenated alkanes) is 1. The van der Waals surface area contributed by atoms with Crippen LogP contribution in [0.15, 0.2) is 47.3 Å². The molecule has 0 bridgehead atoms. The number of para-hydroxylation sites is 1. The fourth-order valence-corrected chi connectivity index (χ4v) is 2.95. The zero-order valence-corrected chi connectivity index (χ0v) is 12.7. The SMILES string of the molecule is CCCCn1c2ccccc2c(=O)c2cc(CC)ccc21. The van der Waals surface area contributed by atoms with Crippen LogP contribution in [0.2, 0.25) is 0 Å². The molecule has 3 aromatic rings. The molecule has 2 nitrogen and oxygen atoms in total. The Morgan fingerprint density at radius 1 is 0.952 bits per heavy atom. The first-order valence-electron chi connectivity index (χ1n) is 7.80. The van der Waals surface area contributed by atoms with Crippen molar-refractivity contribution in [3.05, 3.63) is 58.3 Å². The van der Waals surface area contributed by atoms with Gasteiger partial charge in [0, 0.05) is 17.3 Å². The smallest absolute Gasteiger partial charge is 0.197 e. The number of pyridine rings is 1. The molecule has 0 aliphatic heterocycles. The first-order chi connectivity index (χ1) is 10.3. The Morgan fingerprint density at radius 3 is 2.48 bits per heavy atom. The summed E-state index contributed by atoms with van der Waals surface area (Å²) >= 11 is 0. The van der Waals surface area contributed by atoms with Crippen molar-refractivity contribution in [3.8, 4) is 0 Å². The molecule has 0 saturated heterocycles. The molecule has 108 valence electrons. The Morgan fingerprint density at radius 2 is 1.71 bits per heavy atom. The highest BCUT2D eigenvalue weighted by Gasteiger charge is 2.10. The van der Waals surface area contributed by atoms with Crippen LogP contribution in [0.5, 0.6) is 0 Å². The zero-order valence-electron chi connectivity index (χ0n) is 12.7. The summed E-state index contributed by atoms with van der Waals surface area (Å²) < 4.78 is 2.30. The van der Waals surface area contributed by atoms with Crippen molar-refractivity contribution < 1.29 is 0 Å². The van der Waals surface area contributed by atoms with E-state index in [0.717, 1.165) is 47.6 Å². The fourth-order valence-electron chi connectivity index (χ4n) is 2.95. The molecule has 0 unspecified atom stereocenters. The summed E-state index contributed by atoms with van der Waals surface area (Å²) in [4.78, 5) is 12.8. The molecule has 0 aliphatic rings. The lowest BCUT2D eigenvalue weighted by molar-refractivity contribution is 0.662. The third kappa shape index (κ3) is 2.35. The molecule has 0 amide bonds. The monoisotopic (exact) mass is 279 g/mol. The van der Waals surface area contributed by atoms with E-state index in [9.17, 15) is 4.79 Å². The summed E-state index contributed by atoms with van der Waals surface area (Å²) in [7, 11) is 0. The van der Waals surface area contributed by atoms with E-state index in [-0.39, 0.29) is 5.43 Å². The Labute approximate surface area is 125 Å². The van der Waals surface area contributed by atoms with Crippen LogP contribution >= 0.6 is 0 Å². The lowest BCUT2D eigenvalue weighted by Crippen LogP contribution is -2.12. The molecule has 2 heteroatoms. The number of rotatable bonds is 4. The first-order valence-corrected chi connectivity index (χ1v) is 7.80. The van der Waals surface area contributed by atoms with Crippen molar-refractivity contribution in [1.82, 2.24) is 4.57 Å². The van der Waals surface area contributed by atoms with Crippen LogP contribution in [-0.2, 0) is 13.0 Å². The second-order valence-electron chi connectivity index (χ2n) is 5.56. The number of aromatic nitrogens is 1. The van der Waals surface area contributed by atoms with Gasteiger partial charge in [0.15, 0.2) is 5.43 Å². The maximum absolute atomic E-state index is 12.8. The average molecular weight is 279 g/mol. The van der Waals surface area contributed by atoms with Crippen LogP contribution in [0.1, 0.15) is 32.3 Å². The van der Waals surface area contributed by atoms with Crippen molar-refractivity contribution in [2.45, 2.75) is 39.7 Å². The highest BCUT2D eigenvalue weighted by atomic mass is 16.1. The van der Waals surface area contributed by atoms with E-state index in [0.29, 0.717) is 0 Å². The lowest BCUT2D eigenvalue weighted by atomic mass is 10.0. The molecular weight excluding hydrogens is 258 g/mol. The van der Waals surface area contributed by atoms with E-state index >= 15 is 0 Å². The van der Waals surface area contributed by atoms with Crippen molar-refractivity contribution in [3.63, 3.8) is 0 Å². The molecule has 0 aliphatic carbocycles. The number of nitrogens with zero attached hydrogens (tertiary/aromatic N) is 1. The van der Waals surface area contributed by atoms with E-state index in [1.165, 1.54) is 5.56 Å². The van der Waals surface area contributed by atoms with E-state index in [2.05, 4.69) is 42.7 Å². The lowest BCUT2D eigenvalue weighted by Gasteiger charge is -2.15. The van der Waals surface area contributed by atoms with Gasteiger partial charge in [-0.2, -0.15) is 0 Å². The fraction of sp³-hybridized carbons (Fsp3) is 0.316. The van der Waals surface area contributed by atoms with Crippen LogP contribution < -0.4 is 5.43 Å². The van der Waals surface area contributed by atoms with Crippen LogP contribution in [-0.4, -0.2) is 4.57 Å². The van der Waals surface area contributed by atoms with Crippen LogP contribution in [0.4, 0.5) is 0 Å². The molecular formula is C19H21NO. The molecule has 1 heterocycles. The highest BCUT2D eigenvalue weighted by Crippen LogP contribution is 2.21. The van der Waals surface area contributed by atoms with Crippen molar-refractivity contribution in [1.29, 1.82) is 0 Å². The molecule has 0 radical (unpaired) electrons. The number of benzene rings is 2. The molecule has 0 spiro atoms. The van der Waals surface area contributed by atoms with Gasteiger partial charge in [-0.15, -0.1) is 0 Å². The van der Waals surface area contributed by atoms with E-state index in [4.69, 9.17) is 0 Å². The number of fused-ring (bicyclic) bond motifs is 2. The minimum atomic E-state index is 0.156. The van der Waals surface area contributed by atoms with Gasteiger partial charge in [0.05, 0.1) is 11.0 Å². The van der Waals surface area contributed by atoms with Crippen molar-refractivity contribution in [2.75, 3.05) is 0 Å². The Hall–Kier alpha value is -2.09. The molecule has 0 atom stereocenters. The Bertz CT molecular complexity index is 845. The summed E-state index contributed by atoms with van der Waals surface area (Å²) in [5.41, 5.74) is 3.48. The summed E-state index contributed by atoms with van der Waals surface area (Å²) in [6, 6.07) is 14.3. The number of hydrogen-bond acceptors (Lipinski definition) is 1. The van der Waals surface area contributed by atoms with Gasteiger partial charge in [-0.1, -0.05) is 38.5 Å². The van der Waals surface area contributed by atoms with Gasteiger partial charge in [-0.25, -0.2) is 0 Å². The quantitative estimate of drug-likeness (QED) is 0.644. The van der Waals surface area contributed by atoms with Gasteiger partial charge in [-0.05, 0) is 42.7 Å². The second-order valence-corrected chi connectivity index (χ2v) is 5.56. The van der Waals surface area contributed by atoms with Gasteiger partial charge in [0.1, 0.15) is 0 Å². The van der Waals surface area contributed by atoms with Crippen LogP contribution in [0, 0.1) is 0 Å². The van der Waals surface area contributed by atoms with Gasteiger partial charge < -0.3 is 4.57 Å². The van der Waals surface area contributed by atoms with Crippen LogP contribution in [0.25, 0.3) is 21.8 Å². The maximum Gasteiger partial charge on any atom is 0.197 e. The molecule has 3 rings (SSSR count). The summed E-state index contributed by atoms with van der Waals surface area (Å²) in [6.45, 7) is 5.28. The summed E-state index contributed by atoms with van der Waals surface area (Å²) in [5.74, 6) is 0. The van der Waals surface area contributed by atoms with Crippen molar-refractivity contribution >= 4 is 21.8 Å². The summed E-state index contributed by atoms with van der Waals surface area (Å²) in [5, 5.41) is 1.68. The van der Waals surface area contributed by atoms with Gasteiger partial charge in [0.2, 0.25) is 0 Å². The third-order valence-electron chi connectivity index (χ3n) is 4.18. The van der Waals surface area contributed by atoms with E-state index < -0.39 is 0 Å². The molecule has 0 N–H and O–H groups in total. The molecule has 0 fully saturated rings. The maximum atomic E-state index is 12.8. The van der Waals surface area contributed by atoms with Crippen molar-refractivity contribution in [2.24, 2.45) is 0 Å². The summed E-state index contributed by atoms with van der Waals surface area (Å²) in [6.07, 6.45) is 3.23. The van der Waals surface area contributed by atoms with Gasteiger partial charge in [-0.3, -0.25) is 4.79 Å². The van der Waals surface area contributed by atoms with Gasteiger partial charge in [0.25, 0.3) is 0 Å². The van der Waals surface area contributed by atoms with Crippen LogP contribution in [0.3, 0.4) is 0 Å². The minimum absolute atomic E-state index is 0.156. The molecule has 21 heavy (non-hydrogen) atoms. The van der Waals surface area contributed by atoms with E-state index in [1.807, 2.05) is 18.2 Å². The predicted molar refractivity (Wildman–Crippen MR) is 90.0 cm³/mol. The van der Waals surface area contributed by atoms with E-state index in [1.54, 1.807) is 0 Å². The standard InChI is InChI=1S/C19H21NO/c1-3-5-12-20-17-9-7-6-8-15(17)19(21)16-13-14(4-2)10-11-18(16)20/h6-11,13H,3-5,12H2,1-2H3. The van der Waals surface area contributed by atoms with Gasteiger partial charge >= 0.3 is 0 Å². The largest absolute Gasteiger partial charge is 0.340 e. The third-order valence-corrected chi connectivity index (χ3v) is 4.18. The second kappa shape index (κ2) is 5.72. The Balaban J connectivity index is 2.42. The first kappa shape index (κ1) is 13.9. The number of aryl methyl sites for hydroxylation is 2. The molecule has 1 aromatic heterocycles. The average Bonchev–Trinajstić information content (AvgIpc) is 2.54. The highest BCUT2D eigenvalue weighted by molar-refractivity contribution is 5.93. The minimum Gasteiger partial charge on any atom is -0.340 e.